The molecule has 2 aromatic rings. The van der Waals surface area contributed by atoms with E-state index in [9.17, 15) is 4.39 Å². The molecule has 106 valence electrons. The average Bonchev–Trinajstić information content (AvgIpc) is 2.46. The van der Waals surface area contributed by atoms with Crippen LogP contribution in [0.25, 0.3) is 0 Å². The van der Waals surface area contributed by atoms with Crippen molar-refractivity contribution in [3.63, 3.8) is 0 Å². The lowest BCUT2D eigenvalue weighted by Gasteiger charge is -2.10. The molecule has 0 fully saturated rings. The smallest absolute Gasteiger partial charge is 0.133 e. The van der Waals surface area contributed by atoms with Crippen LogP contribution in [0, 0.1) is 5.82 Å². The van der Waals surface area contributed by atoms with Crippen LogP contribution in [0.1, 0.15) is 24.1 Å². The molecule has 20 heavy (non-hydrogen) atoms. The van der Waals surface area contributed by atoms with Crippen LogP contribution >= 0.6 is 0 Å². The van der Waals surface area contributed by atoms with Crippen LogP contribution < -0.4 is 15.2 Å². The van der Waals surface area contributed by atoms with E-state index in [0.717, 1.165) is 5.56 Å². The van der Waals surface area contributed by atoms with Gasteiger partial charge in [-0.25, -0.2) is 4.39 Å². The van der Waals surface area contributed by atoms with Gasteiger partial charge in [0.1, 0.15) is 23.9 Å². The van der Waals surface area contributed by atoms with Gasteiger partial charge in [0.15, 0.2) is 0 Å². The molecule has 0 aliphatic carbocycles. The summed E-state index contributed by atoms with van der Waals surface area (Å²) in [6.45, 7) is 2.09. The lowest BCUT2D eigenvalue weighted by atomic mass is 10.1. The van der Waals surface area contributed by atoms with Gasteiger partial charge in [0.25, 0.3) is 0 Å². The van der Waals surface area contributed by atoms with Gasteiger partial charge < -0.3 is 15.2 Å². The minimum absolute atomic E-state index is 0.0110. The molecule has 0 unspecified atom stereocenters. The highest BCUT2D eigenvalue weighted by molar-refractivity contribution is 5.31. The van der Waals surface area contributed by atoms with Gasteiger partial charge in [-0.1, -0.05) is 12.1 Å². The van der Waals surface area contributed by atoms with Gasteiger partial charge in [-0.05, 0) is 36.8 Å². The monoisotopic (exact) mass is 275 g/mol. The SMILES string of the molecule is COc1ccc(COc2ccc([C@H](C)N)cc2)c(F)c1. The Morgan fingerprint density at radius 1 is 1.10 bits per heavy atom. The van der Waals surface area contributed by atoms with Gasteiger partial charge in [-0.15, -0.1) is 0 Å². The summed E-state index contributed by atoms with van der Waals surface area (Å²) in [4.78, 5) is 0. The van der Waals surface area contributed by atoms with Gasteiger partial charge in [0, 0.05) is 17.7 Å². The molecular formula is C16H18FNO2. The van der Waals surface area contributed by atoms with E-state index in [4.69, 9.17) is 15.2 Å². The first kappa shape index (κ1) is 14.3. The van der Waals surface area contributed by atoms with Crippen LogP contribution in [-0.2, 0) is 6.61 Å². The zero-order valence-corrected chi connectivity index (χ0v) is 11.6. The molecule has 0 spiro atoms. The third kappa shape index (κ3) is 3.48. The summed E-state index contributed by atoms with van der Waals surface area (Å²) >= 11 is 0. The first-order valence-corrected chi connectivity index (χ1v) is 6.41. The van der Waals surface area contributed by atoms with Crippen LogP contribution in [0.3, 0.4) is 0 Å². The largest absolute Gasteiger partial charge is 0.497 e. The van der Waals surface area contributed by atoms with E-state index >= 15 is 0 Å². The number of nitrogens with two attached hydrogens (primary N) is 1. The molecule has 2 N–H and O–H groups in total. The number of hydrogen-bond donors (Lipinski definition) is 1. The van der Waals surface area contributed by atoms with Crippen molar-refractivity contribution in [3.05, 3.63) is 59.4 Å². The van der Waals surface area contributed by atoms with Crippen LogP contribution in [0.2, 0.25) is 0 Å². The van der Waals surface area contributed by atoms with Crippen molar-refractivity contribution in [1.82, 2.24) is 0 Å². The molecule has 0 aliphatic heterocycles. The topological polar surface area (TPSA) is 44.5 Å². The summed E-state index contributed by atoms with van der Waals surface area (Å²) in [5.41, 5.74) is 7.30. The zero-order valence-electron chi connectivity index (χ0n) is 11.6. The minimum atomic E-state index is -0.337. The number of rotatable bonds is 5. The lowest BCUT2D eigenvalue weighted by molar-refractivity contribution is 0.299. The van der Waals surface area contributed by atoms with Gasteiger partial charge in [-0.3, -0.25) is 0 Å². The Balaban J connectivity index is 2.01. The van der Waals surface area contributed by atoms with Crippen LogP contribution in [0.15, 0.2) is 42.5 Å². The standard InChI is InChI=1S/C16H18FNO2/c1-11(18)12-3-6-14(7-4-12)20-10-13-5-8-15(19-2)9-16(13)17/h3-9,11H,10,18H2,1-2H3/t11-/m0/s1. The molecule has 2 rings (SSSR count). The molecule has 0 saturated heterocycles. The molecular weight excluding hydrogens is 257 g/mol. The molecule has 2 aromatic carbocycles. The highest BCUT2D eigenvalue weighted by atomic mass is 19.1. The second-order valence-corrected chi connectivity index (χ2v) is 4.60. The van der Waals surface area contributed by atoms with Crippen molar-refractivity contribution < 1.29 is 13.9 Å². The fraction of sp³-hybridized carbons (Fsp3) is 0.250. The molecule has 1 atom stereocenters. The maximum Gasteiger partial charge on any atom is 0.133 e. The highest BCUT2D eigenvalue weighted by Gasteiger charge is 2.05. The van der Waals surface area contributed by atoms with E-state index in [1.165, 1.54) is 13.2 Å². The Kier molecular flexibility index (Phi) is 4.58. The Labute approximate surface area is 118 Å². The summed E-state index contributed by atoms with van der Waals surface area (Å²) in [5.74, 6) is 0.841. The highest BCUT2D eigenvalue weighted by Crippen LogP contribution is 2.20. The zero-order chi connectivity index (χ0) is 14.5. The van der Waals surface area contributed by atoms with Crippen LogP contribution in [-0.4, -0.2) is 7.11 Å². The summed E-state index contributed by atoms with van der Waals surface area (Å²) in [5, 5.41) is 0. The van der Waals surface area contributed by atoms with Crippen molar-refractivity contribution in [1.29, 1.82) is 0 Å². The molecule has 0 radical (unpaired) electrons. The third-order valence-electron chi connectivity index (χ3n) is 3.06. The van der Waals surface area contributed by atoms with Crippen molar-refractivity contribution in [2.75, 3.05) is 7.11 Å². The Bertz CT molecular complexity index is 567. The van der Waals surface area contributed by atoms with Crippen LogP contribution in [0.4, 0.5) is 4.39 Å². The first-order chi connectivity index (χ1) is 9.60. The molecule has 0 saturated carbocycles. The second kappa shape index (κ2) is 6.39. The Morgan fingerprint density at radius 3 is 2.30 bits per heavy atom. The van der Waals surface area contributed by atoms with E-state index in [0.29, 0.717) is 17.1 Å². The number of benzene rings is 2. The average molecular weight is 275 g/mol. The summed E-state index contributed by atoms with van der Waals surface area (Å²) in [6.07, 6.45) is 0. The predicted octanol–water partition coefficient (Wildman–Crippen LogP) is 3.43. The van der Waals surface area contributed by atoms with Crippen molar-refractivity contribution in [2.24, 2.45) is 5.73 Å². The lowest BCUT2D eigenvalue weighted by Crippen LogP contribution is -2.04. The van der Waals surface area contributed by atoms with E-state index in [-0.39, 0.29) is 18.5 Å². The fourth-order valence-electron chi connectivity index (χ4n) is 1.80. The second-order valence-electron chi connectivity index (χ2n) is 4.60. The summed E-state index contributed by atoms with van der Waals surface area (Å²) < 4.78 is 24.2. The minimum Gasteiger partial charge on any atom is -0.497 e. The molecule has 0 bridgehead atoms. The quantitative estimate of drug-likeness (QED) is 0.909. The predicted molar refractivity (Wildman–Crippen MR) is 76.3 cm³/mol. The third-order valence-corrected chi connectivity index (χ3v) is 3.06. The number of hydrogen-bond acceptors (Lipinski definition) is 3. The van der Waals surface area contributed by atoms with Gasteiger partial charge in [-0.2, -0.15) is 0 Å². The molecule has 0 amide bonds. The number of methoxy groups -OCH3 is 1. The maximum absolute atomic E-state index is 13.7. The Hall–Kier alpha value is -2.07. The van der Waals surface area contributed by atoms with Crippen molar-refractivity contribution >= 4 is 0 Å². The maximum atomic E-state index is 13.7. The molecule has 3 nitrogen and oxygen atoms in total. The Morgan fingerprint density at radius 2 is 1.75 bits per heavy atom. The fourth-order valence-corrected chi connectivity index (χ4v) is 1.80. The van der Waals surface area contributed by atoms with E-state index in [1.54, 1.807) is 12.1 Å². The van der Waals surface area contributed by atoms with Crippen LogP contribution in [0.5, 0.6) is 11.5 Å². The van der Waals surface area contributed by atoms with Crippen molar-refractivity contribution in [3.8, 4) is 11.5 Å². The number of halogens is 1. The molecule has 0 heterocycles. The number of ether oxygens (including phenoxy) is 2. The van der Waals surface area contributed by atoms with E-state index in [1.807, 2.05) is 31.2 Å². The van der Waals surface area contributed by atoms with Gasteiger partial charge >= 0.3 is 0 Å². The van der Waals surface area contributed by atoms with Crippen molar-refractivity contribution in [2.45, 2.75) is 19.6 Å². The summed E-state index contributed by atoms with van der Waals surface area (Å²) in [7, 11) is 1.50. The first-order valence-electron chi connectivity index (χ1n) is 6.41. The molecule has 0 aromatic heterocycles. The van der Waals surface area contributed by atoms with E-state index in [2.05, 4.69) is 0 Å². The summed E-state index contributed by atoms with van der Waals surface area (Å²) in [6, 6.07) is 12.2. The molecule has 0 aliphatic rings. The van der Waals surface area contributed by atoms with Gasteiger partial charge in [0.2, 0.25) is 0 Å². The normalized spacial score (nSPS) is 12.0. The van der Waals surface area contributed by atoms with Gasteiger partial charge in [0.05, 0.1) is 7.11 Å². The van der Waals surface area contributed by atoms with E-state index < -0.39 is 0 Å². The molecule has 4 heteroatoms.